The molecule has 0 aliphatic carbocycles. The lowest BCUT2D eigenvalue weighted by Crippen LogP contribution is -2.31. The summed E-state index contributed by atoms with van der Waals surface area (Å²) in [6.45, 7) is 4.49. The van der Waals surface area contributed by atoms with E-state index in [0.29, 0.717) is 19.4 Å². The fraction of sp³-hybridized carbons (Fsp3) is 0.438. The maximum absolute atomic E-state index is 15.2. The highest BCUT2D eigenvalue weighted by molar-refractivity contribution is 6.34. The number of hydrogen-bond donors (Lipinski definition) is 0. The van der Waals surface area contributed by atoms with E-state index >= 15 is 4.39 Å². The predicted octanol–water partition coefficient (Wildman–Crippen LogP) is 7.74. The molecule has 4 heterocycles. The van der Waals surface area contributed by atoms with Gasteiger partial charge in [-0.2, -0.15) is 0 Å². The van der Waals surface area contributed by atoms with Gasteiger partial charge in [0.1, 0.15) is 29.3 Å². The molecule has 44 heavy (non-hydrogen) atoms. The summed E-state index contributed by atoms with van der Waals surface area (Å²) in [4.78, 5) is 7.83. The van der Waals surface area contributed by atoms with Gasteiger partial charge in [-0.1, -0.05) is 97.7 Å². The summed E-state index contributed by atoms with van der Waals surface area (Å²) in [6, 6.07) is 19.2. The van der Waals surface area contributed by atoms with Gasteiger partial charge in [0.05, 0.1) is 30.8 Å². The number of ether oxygens (including phenoxy) is 4. The van der Waals surface area contributed by atoms with Crippen molar-refractivity contribution < 1.29 is 32.1 Å². The molecule has 6 rings (SSSR count). The van der Waals surface area contributed by atoms with Gasteiger partial charge in [0.25, 0.3) is 0 Å². The van der Waals surface area contributed by atoms with E-state index in [2.05, 4.69) is 9.97 Å². The predicted molar refractivity (Wildman–Crippen MR) is 161 cm³/mol. The van der Waals surface area contributed by atoms with Crippen LogP contribution >= 0.6 is 23.2 Å². The minimum Gasteiger partial charge on any atom is -0.368 e. The number of benzene rings is 2. The summed E-state index contributed by atoms with van der Waals surface area (Å²) in [7, 11) is 0. The molecule has 4 aromatic rings. The van der Waals surface area contributed by atoms with Crippen LogP contribution in [0.2, 0.25) is 5.15 Å². The van der Waals surface area contributed by atoms with Gasteiger partial charge in [-0.05, 0) is 24.0 Å². The lowest BCUT2D eigenvalue weighted by Gasteiger charge is -2.19. The number of halogens is 5. The van der Waals surface area contributed by atoms with Gasteiger partial charge < -0.3 is 18.9 Å². The summed E-state index contributed by atoms with van der Waals surface area (Å²) in [5, 5.41) is 0.0326. The zero-order chi connectivity index (χ0) is 31.2. The quantitative estimate of drug-likeness (QED) is 0.136. The molecule has 2 aromatic carbocycles. The van der Waals surface area contributed by atoms with Crippen LogP contribution in [0.5, 0.6) is 0 Å². The summed E-state index contributed by atoms with van der Waals surface area (Å²) in [6.07, 6.45) is -2.21. The summed E-state index contributed by atoms with van der Waals surface area (Å²) >= 11 is 11.7. The molecular weight excluding hydrogens is 618 g/mol. The Balaban J connectivity index is 0.000000195. The molecule has 0 saturated carbocycles. The van der Waals surface area contributed by atoms with E-state index < -0.39 is 48.3 Å². The lowest BCUT2D eigenvalue weighted by atomic mass is 10.1. The van der Waals surface area contributed by atoms with Crippen LogP contribution in [0.1, 0.15) is 44.0 Å². The van der Waals surface area contributed by atoms with E-state index in [0.717, 1.165) is 17.3 Å². The highest BCUT2D eigenvalue weighted by atomic mass is 35.5. The summed E-state index contributed by atoms with van der Waals surface area (Å²) < 4.78 is 67.2. The van der Waals surface area contributed by atoms with Crippen LogP contribution < -0.4 is 0 Å². The standard InChI is InChI=1S/C19H18ClF2N3O2.C13H16ClFO2/c1-2-13-16(26-9-11-6-4-3-5-7-11)15(22)19(27-13)25-8-12(21)14-17(20)23-10-24-18(14)25;1-2-10-12(11(15)13(14)17-10)16-8-9-6-4-3-5-7-9/h3-8,10,13,15-16,19H,2,9H2,1H3;3-7,10-13H,2,8H2,1H3/t13-,15+,16?,19-;10-,11+,12?,13+/m11/s1. The van der Waals surface area contributed by atoms with Gasteiger partial charge in [0.2, 0.25) is 0 Å². The Morgan fingerprint density at radius 3 is 1.93 bits per heavy atom. The zero-order valence-electron chi connectivity index (χ0n) is 24.2. The van der Waals surface area contributed by atoms with E-state index in [1.165, 1.54) is 10.9 Å². The number of alkyl halides is 3. The van der Waals surface area contributed by atoms with Gasteiger partial charge in [0, 0.05) is 6.20 Å². The third-order valence-corrected chi connectivity index (χ3v) is 8.30. The molecule has 2 aromatic heterocycles. The Morgan fingerprint density at radius 2 is 1.36 bits per heavy atom. The maximum Gasteiger partial charge on any atom is 0.174 e. The molecule has 2 fully saturated rings. The Labute approximate surface area is 264 Å². The van der Waals surface area contributed by atoms with Gasteiger partial charge in [0.15, 0.2) is 30.0 Å². The number of aromatic nitrogens is 3. The van der Waals surface area contributed by atoms with Crippen molar-refractivity contribution in [2.45, 2.75) is 88.5 Å². The van der Waals surface area contributed by atoms with Gasteiger partial charge in [-0.25, -0.2) is 23.1 Å². The zero-order valence-corrected chi connectivity index (χ0v) is 25.8. The Kier molecular flexibility index (Phi) is 11.2. The van der Waals surface area contributed by atoms with E-state index in [9.17, 15) is 8.78 Å². The molecule has 0 amide bonds. The van der Waals surface area contributed by atoms with Crippen LogP contribution in [0.3, 0.4) is 0 Å². The molecule has 0 bridgehead atoms. The lowest BCUT2D eigenvalue weighted by molar-refractivity contribution is -0.0433. The first kappa shape index (κ1) is 32.7. The highest BCUT2D eigenvalue weighted by Crippen LogP contribution is 2.38. The molecule has 2 aliphatic heterocycles. The second-order valence-corrected chi connectivity index (χ2v) is 11.4. The first-order valence-electron chi connectivity index (χ1n) is 14.5. The van der Waals surface area contributed by atoms with Crippen molar-refractivity contribution in [3.63, 3.8) is 0 Å². The van der Waals surface area contributed by atoms with Gasteiger partial charge >= 0.3 is 0 Å². The van der Waals surface area contributed by atoms with E-state index in [4.69, 9.17) is 42.1 Å². The monoisotopic (exact) mass is 651 g/mol. The molecule has 0 N–H and O–H groups in total. The van der Waals surface area contributed by atoms with Crippen LogP contribution in [0.4, 0.5) is 13.2 Å². The fourth-order valence-electron chi connectivity index (χ4n) is 5.38. The molecule has 8 atom stereocenters. The molecule has 0 spiro atoms. The molecule has 0 radical (unpaired) electrons. The SMILES string of the molecule is CC[C@H]1O[C@@H](n2cc(F)c3c(Cl)ncnc32)[C@@H](F)C1OCc1ccccc1.CC[C@H]1O[C@H](Cl)[C@@H](F)C1OCc1ccccc1. The number of nitrogens with zero attached hydrogens (tertiary/aromatic N) is 3. The molecule has 12 heteroatoms. The van der Waals surface area contributed by atoms with Crippen LogP contribution in [-0.4, -0.2) is 56.9 Å². The molecule has 2 unspecified atom stereocenters. The molecule has 2 saturated heterocycles. The smallest absolute Gasteiger partial charge is 0.174 e. The molecular formula is C32H34Cl2F3N3O4. The molecule has 236 valence electrons. The van der Waals surface area contributed by atoms with Crippen molar-refractivity contribution in [1.82, 2.24) is 14.5 Å². The average molecular weight is 653 g/mol. The second kappa shape index (κ2) is 15.0. The highest BCUT2D eigenvalue weighted by Gasteiger charge is 2.47. The van der Waals surface area contributed by atoms with Gasteiger partial charge in [-0.15, -0.1) is 0 Å². The van der Waals surface area contributed by atoms with Crippen LogP contribution in [0.25, 0.3) is 11.0 Å². The van der Waals surface area contributed by atoms with Crippen molar-refractivity contribution in [3.05, 3.63) is 95.3 Å². The van der Waals surface area contributed by atoms with Crippen molar-refractivity contribution >= 4 is 34.2 Å². The van der Waals surface area contributed by atoms with E-state index in [1.807, 2.05) is 74.5 Å². The molecule has 2 aliphatic rings. The van der Waals surface area contributed by atoms with Crippen molar-refractivity contribution in [3.8, 4) is 0 Å². The Morgan fingerprint density at radius 1 is 0.818 bits per heavy atom. The number of hydrogen-bond acceptors (Lipinski definition) is 6. The van der Waals surface area contributed by atoms with Crippen LogP contribution in [0, 0.1) is 5.82 Å². The van der Waals surface area contributed by atoms with Crippen LogP contribution in [-0.2, 0) is 32.2 Å². The topological polar surface area (TPSA) is 67.6 Å². The molecule has 7 nitrogen and oxygen atoms in total. The Hall–Kier alpha value is -2.73. The van der Waals surface area contributed by atoms with Crippen molar-refractivity contribution in [2.24, 2.45) is 0 Å². The third-order valence-electron chi connectivity index (χ3n) is 7.67. The Bertz CT molecular complexity index is 1490. The average Bonchev–Trinajstić information content (AvgIpc) is 3.65. The van der Waals surface area contributed by atoms with Crippen molar-refractivity contribution in [1.29, 1.82) is 0 Å². The summed E-state index contributed by atoms with van der Waals surface area (Å²) in [5.41, 5.74) is 1.27. The summed E-state index contributed by atoms with van der Waals surface area (Å²) in [5.74, 6) is -0.617. The number of fused-ring (bicyclic) bond motifs is 1. The minimum atomic E-state index is -1.48. The first-order valence-corrected chi connectivity index (χ1v) is 15.3. The first-order chi connectivity index (χ1) is 21.3. The van der Waals surface area contributed by atoms with Crippen molar-refractivity contribution in [2.75, 3.05) is 0 Å². The van der Waals surface area contributed by atoms with Gasteiger partial charge in [-0.3, -0.25) is 4.57 Å². The van der Waals surface area contributed by atoms with Crippen LogP contribution in [0.15, 0.2) is 73.2 Å². The van der Waals surface area contributed by atoms with E-state index in [-0.39, 0.29) is 28.9 Å². The van der Waals surface area contributed by atoms with E-state index in [1.54, 1.807) is 0 Å². The second-order valence-electron chi connectivity index (χ2n) is 10.6. The maximum atomic E-state index is 15.2. The third kappa shape index (κ3) is 7.22. The fourth-order valence-corrected chi connectivity index (χ4v) is 5.87. The minimum absolute atomic E-state index is 0.0198. The number of rotatable bonds is 9. The normalized spacial score (nSPS) is 28.2. The largest absolute Gasteiger partial charge is 0.368 e.